The molecule has 3 aromatic rings. The average Bonchev–Trinajstić information content (AvgIpc) is 3.48. The predicted octanol–water partition coefficient (Wildman–Crippen LogP) is 2.71. The number of carbonyl (C=O) groups is 1. The summed E-state index contributed by atoms with van der Waals surface area (Å²) in [7, 11) is 0. The minimum atomic E-state index is -0.312. The molecular formula is C21H23N7O. The van der Waals surface area contributed by atoms with Crippen LogP contribution in [0.15, 0.2) is 31.0 Å². The minimum absolute atomic E-state index is 0.228. The van der Waals surface area contributed by atoms with Crippen molar-refractivity contribution >= 4 is 16.9 Å². The molecule has 3 aromatic heterocycles. The van der Waals surface area contributed by atoms with Gasteiger partial charge in [-0.1, -0.05) is 6.92 Å². The number of fused-ring (bicyclic) bond motifs is 2. The zero-order valence-corrected chi connectivity index (χ0v) is 16.4. The fourth-order valence-corrected chi connectivity index (χ4v) is 5.25. The number of rotatable bonds is 4. The molecule has 2 aliphatic rings. The molecule has 0 aromatic carbocycles. The van der Waals surface area contributed by atoms with E-state index in [1.54, 1.807) is 6.33 Å². The fraction of sp³-hybridized carbons (Fsp3) is 0.476. The van der Waals surface area contributed by atoms with Crippen LogP contribution in [0.25, 0.3) is 22.3 Å². The molecule has 148 valence electrons. The normalized spacial score (nSPS) is 26.0. The lowest BCUT2D eigenvalue weighted by atomic mass is 9.92. The van der Waals surface area contributed by atoms with Crippen molar-refractivity contribution in [1.29, 1.82) is 5.26 Å². The second-order valence-corrected chi connectivity index (χ2v) is 8.28. The van der Waals surface area contributed by atoms with E-state index < -0.39 is 0 Å². The van der Waals surface area contributed by atoms with Gasteiger partial charge in [-0.05, 0) is 30.7 Å². The molecule has 1 aliphatic heterocycles. The van der Waals surface area contributed by atoms with Crippen molar-refractivity contribution in [3.8, 4) is 17.3 Å². The molecule has 29 heavy (non-hydrogen) atoms. The average molecular weight is 389 g/mol. The van der Waals surface area contributed by atoms with Gasteiger partial charge in [-0.3, -0.25) is 9.48 Å². The summed E-state index contributed by atoms with van der Waals surface area (Å²) in [5, 5.41) is 15.2. The molecule has 1 N–H and O–H groups in total. The van der Waals surface area contributed by atoms with E-state index >= 15 is 0 Å². The van der Waals surface area contributed by atoms with Crippen molar-refractivity contribution in [2.75, 3.05) is 13.1 Å². The number of amides is 1. The predicted molar refractivity (Wildman–Crippen MR) is 106 cm³/mol. The molecule has 1 amide bonds. The maximum absolute atomic E-state index is 12.1. The van der Waals surface area contributed by atoms with Crippen LogP contribution < -0.4 is 0 Å². The maximum Gasteiger partial charge on any atom is 0.222 e. The van der Waals surface area contributed by atoms with Crippen LogP contribution in [0.4, 0.5) is 0 Å². The van der Waals surface area contributed by atoms with Crippen LogP contribution in [-0.4, -0.2) is 48.6 Å². The topological polar surface area (TPSA) is 103 Å². The molecule has 3 atom stereocenters. The zero-order chi connectivity index (χ0) is 20.0. The second-order valence-electron chi connectivity index (χ2n) is 8.28. The summed E-state index contributed by atoms with van der Waals surface area (Å²) in [6.07, 6.45) is 9.98. The summed E-state index contributed by atoms with van der Waals surface area (Å²) in [6, 6.07) is 4.35. The van der Waals surface area contributed by atoms with Gasteiger partial charge < -0.3 is 9.88 Å². The molecule has 8 nitrogen and oxygen atoms in total. The highest BCUT2D eigenvalue weighted by molar-refractivity contribution is 5.90. The number of carbonyl (C=O) groups excluding carboxylic acids is 1. The van der Waals surface area contributed by atoms with E-state index in [1.807, 2.05) is 41.2 Å². The molecule has 0 radical (unpaired) electrons. The molecule has 2 fully saturated rings. The SMILES string of the molecule is CCC(=O)N1C[C@@H]2C[C@](CC#N)(n3cc(-c4ncnc5[nH]ccc45)cn3)C[C@@H]2C1. The van der Waals surface area contributed by atoms with Crippen LogP contribution in [0.1, 0.15) is 32.6 Å². The van der Waals surface area contributed by atoms with Crippen LogP contribution >= 0.6 is 0 Å². The van der Waals surface area contributed by atoms with Gasteiger partial charge in [0.15, 0.2) is 0 Å². The highest BCUT2D eigenvalue weighted by Crippen LogP contribution is 2.49. The largest absolute Gasteiger partial charge is 0.346 e. The van der Waals surface area contributed by atoms with Crippen LogP contribution in [0, 0.1) is 23.2 Å². The number of aromatic amines is 1. The number of nitrogens with zero attached hydrogens (tertiary/aromatic N) is 6. The summed E-state index contributed by atoms with van der Waals surface area (Å²) in [4.78, 5) is 25.9. The van der Waals surface area contributed by atoms with E-state index in [0.717, 1.165) is 48.2 Å². The molecule has 1 aliphatic carbocycles. The minimum Gasteiger partial charge on any atom is -0.346 e. The number of hydrogen-bond acceptors (Lipinski definition) is 5. The van der Waals surface area contributed by atoms with E-state index in [1.165, 1.54) is 0 Å². The third kappa shape index (κ3) is 2.80. The smallest absolute Gasteiger partial charge is 0.222 e. The highest BCUT2D eigenvalue weighted by Gasteiger charge is 2.51. The van der Waals surface area contributed by atoms with Crippen LogP contribution in [0.2, 0.25) is 0 Å². The lowest BCUT2D eigenvalue weighted by Gasteiger charge is -2.29. The van der Waals surface area contributed by atoms with Crippen LogP contribution in [0.3, 0.4) is 0 Å². The van der Waals surface area contributed by atoms with E-state index in [4.69, 9.17) is 0 Å². The van der Waals surface area contributed by atoms with Crippen molar-refractivity contribution in [2.24, 2.45) is 11.8 Å². The Morgan fingerprint density at radius 3 is 2.86 bits per heavy atom. The first-order chi connectivity index (χ1) is 14.1. The highest BCUT2D eigenvalue weighted by atomic mass is 16.2. The third-order valence-electron chi connectivity index (χ3n) is 6.62. The van der Waals surface area contributed by atoms with Gasteiger partial charge in [-0.2, -0.15) is 10.4 Å². The Kier molecular flexibility index (Phi) is 4.12. The van der Waals surface area contributed by atoms with Crippen molar-refractivity contribution in [3.05, 3.63) is 31.0 Å². The lowest BCUT2D eigenvalue weighted by Crippen LogP contribution is -2.35. The molecule has 0 spiro atoms. The van der Waals surface area contributed by atoms with Gasteiger partial charge in [-0.25, -0.2) is 9.97 Å². The number of nitrogens with one attached hydrogen (secondary N) is 1. The zero-order valence-electron chi connectivity index (χ0n) is 16.4. The Morgan fingerprint density at radius 2 is 2.14 bits per heavy atom. The summed E-state index contributed by atoms with van der Waals surface area (Å²) in [6.45, 7) is 3.51. The Hall–Kier alpha value is -3.21. The summed E-state index contributed by atoms with van der Waals surface area (Å²) in [5.41, 5.74) is 2.25. The van der Waals surface area contributed by atoms with Crippen molar-refractivity contribution < 1.29 is 4.79 Å². The molecule has 4 heterocycles. The van der Waals surface area contributed by atoms with Gasteiger partial charge in [0.2, 0.25) is 5.91 Å². The Bertz CT molecular complexity index is 1090. The van der Waals surface area contributed by atoms with E-state index in [-0.39, 0.29) is 11.4 Å². The van der Waals surface area contributed by atoms with Gasteiger partial charge in [0.1, 0.15) is 12.0 Å². The van der Waals surface area contributed by atoms with Gasteiger partial charge in [0.25, 0.3) is 0 Å². The standard InChI is InChI=1S/C21H23N7O/c1-2-18(29)27-10-14-7-21(4-5-22,8-15(14)11-27)28-12-16(9-26-28)19-17-3-6-23-20(17)25-13-24-19/h3,6,9,12-15H,2,4,7-8,10-11H2,1H3,(H,23,24,25)/t14-,15+,21-. The Morgan fingerprint density at radius 1 is 1.34 bits per heavy atom. The molecular weight excluding hydrogens is 366 g/mol. The molecule has 1 saturated carbocycles. The van der Waals surface area contributed by atoms with E-state index in [9.17, 15) is 10.1 Å². The fourth-order valence-electron chi connectivity index (χ4n) is 5.25. The number of hydrogen-bond donors (Lipinski definition) is 1. The van der Waals surface area contributed by atoms with E-state index in [2.05, 4.69) is 26.1 Å². The number of nitriles is 1. The number of H-pyrrole nitrogens is 1. The number of aromatic nitrogens is 5. The maximum atomic E-state index is 12.1. The van der Waals surface area contributed by atoms with Crippen LogP contribution in [-0.2, 0) is 10.3 Å². The van der Waals surface area contributed by atoms with Gasteiger partial charge in [-0.15, -0.1) is 0 Å². The first kappa shape index (κ1) is 17.9. The quantitative estimate of drug-likeness (QED) is 0.739. The van der Waals surface area contributed by atoms with Crippen molar-refractivity contribution in [1.82, 2.24) is 29.6 Å². The second kappa shape index (κ2) is 6.69. The van der Waals surface area contributed by atoms with E-state index in [0.29, 0.717) is 24.7 Å². The summed E-state index contributed by atoms with van der Waals surface area (Å²) < 4.78 is 1.98. The molecule has 0 bridgehead atoms. The summed E-state index contributed by atoms with van der Waals surface area (Å²) in [5.74, 6) is 1.09. The summed E-state index contributed by atoms with van der Waals surface area (Å²) >= 11 is 0. The first-order valence-electron chi connectivity index (χ1n) is 10.1. The molecule has 1 saturated heterocycles. The third-order valence-corrected chi connectivity index (χ3v) is 6.62. The van der Waals surface area contributed by atoms with Gasteiger partial charge in [0, 0.05) is 42.9 Å². The lowest BCUT2D eigenvalue weighted by molar-refractivity contribution is -0.130. The first-order valence-corrected chi connectivity index (χ1v) is 10.1. The molecule has 5 rings (SSSR count). The van der Waals surface area contributed by atoms with Crippen LogP contribution in [0.5, 0.6) is 0 Å². The molecule has 0 unspecified atom stereocenters. The van der Waals surface area contributed by atoms with Crippen molar-refractivity contribution in [2.45, 2.75) is 38.1 Å². The Labute approximate surface area is 168 Å². The van der Waals surface area contributed by atoms with Crippen molar-refractivity contribution in [3.63, 3.8) is 0 Å². The van der Waals surface area contributed by atoms with Gasteiger partial charge >= 0.3 is 0 Å². The van der Waals surface area contributed by atoms with Gasteiger partial charge in [0.05, 0.1) is 29.9 Å². The monoisotopic (exact) mass is 389 g/mol. The number of likely N-dealkylation sites (tertiary alicyclic amines) is 1. The molecule has 8 heteroatoms. The Balaban J connectivity index is 1.45.